The van der Waals surface area contributed by atoms with Gasteiger partial charge in [0.15, 0.2) is 0 Å². The van der Waals surface area contributed by atoms with Gasteiger partial charge in [0.1, 0.15) is 23.1 Å². The summed E-state index contributed by atoms with van der Waals surface area (Å²) in [7, 11) is 5.19. The van der Waals surface area contributed by atoms with Gasteiger partial charge in [0.05, 0.1) is 25.8 Å². The van der Waals surface area contributed by atoms with E-state index in [0.29, 0.717) is 13.1 Å². The normalized spacial score (nSPS) is 17.5. The largest absolute Gasteiger partial charge is 0.496 e. The Hall–Kier alpha value is -4.39. The van der Waals surface area contributed by atoms with Gasteiger partial charge in [0.25, 0.3) is 11.5 Å². The van der Waals surface area contributed by atoms with Crippen LogP contribution in [0, 0.1) is 36.5 Å². The van der Waals surface area contributed by atoms with Crippen molar-refractivity contribution < 1.29 is 14.3 Å². The monoisotopic (exact) mass is 707 g/mol. The number of amides is 1. The third kappa shape index (κ3) is 8.29. The zero-order valence-electron chi connectivity index (χ0n) is 32.9. The fourth-order valence-corrected chi connectivity index (χ4v) is 7.97. The second kappa shape index (κ2) is 16.1. The molecule has 1 fully saturated rings. The number of hydrogen-bond acceptors (Lipinski definition) is 7. The molecule has 0 bridgehead atoms. The summed E-state index contributed by atoms with van der Waals surface area (Å²) in [6.45, 7) is 20.2. The molecule has 0 radical (unpaired) electrons. The van der Waals surface area contributed by atoms with Crippen molar-refractivity contribution in [2.75, 3.05) is 46.9 Å². The van der Waals surface area contributed by atoms with Crippen LogP contribution in [0.1, 0.15) is 80.5 Å². The predicted molar refractivity (Wildman–Crippen MR) is 207 cm³/mol. The molecule has 2 aliphatic heterocycles. The van der Waals surface area contributed by atoms with Gasteiger partial charge in [0, 0.05) is 57.1 Å². The summed E-state index contributed by atoms with van der Waals surface area (Å²) in [6.07, 6.45) is 5.52. The summed E-state index contributed by atoms with van der Waals surface area (Å²) in [6, 6.07) is 12.8. The molecular formula is C43H57N5O4. The number of aryl methyl sites for hydroxylation is 1. The zero-order valence-corrected chi connectivity index (χ0v) is 32.9. The van der Waals surface area contributed by atoms with E-state index in [1.807, 2.05) is 45.7 Å². The van der Waals surface area contributed by atoms with Gasteiger partial charge in [-0.1, -0.05) is 58.9 Å². The lowest BCUT2D eigenvalue weighted by molar-refractivity contribution is -0.130. The van der Waals surface area contributed by atoms with Gasteiger partial charge in [-0.05, 0) is 91.1 Å². The number of carbonyl (C=O) groups is 1. The Kier molecular flexibility index (Phi) is 12.0. The number of fused-ring (bicyclic) bond motifs is 1. The van der Waals surface area contributed by atoms with E-state index in [1.54, 1.807) is 31.9 Å². The minimum atomic E-state index is -0.260. The van der Waals surface area contributed by atoms with Crippen LogP contribution >= 0.6 is 0 Å². The van der Waals surface area contributed by atoms with Crippen LogP contribution in [-0.2, 0) is 31.4 Å². The van der Waals surface area contributed by atoms with Gasteiger partial charge in [-0.3, -0.25) is 19.4 Å². The van der Waals surface area contributed by atoms with Gasteiger partial charge < -0.3 is 18.9 Å². The number of methoxy groups -OCH3 is 2. The summed E-state index contributed by atoms with van der Waals surface area (Å²) < 4.78 is 13.6. The predicted octanol–water partition coefficient (Wildman–Crippen LogP) is 6.97. The molecule has 0 N–H and O–H groups in total. The Labute approximate surface area is 310 Å². The number of pyridine rings is 1. The second-order valence-corrected chi connectivity index (χ2v) is 15.9. The quantitative estimate of drug-likeness (QED) is 0.175. The number of allylic oxidation sites excluding steroid dienone is 1. The fourth-order valence-electron chi connectivity index (χ4n) is 7.97. The first kappa shape index (κ1) is 38.8. The molecule has 1 unspecified atom stereocenters. The van der Waals surface area contributed by atoms with E-state index in [9.17, 15) is 14.9 Å². The Morgan fingerprint density at radius 2 is 1.62 bits per heavy atom. The minimum absolute atomic E-state index is 0.0110. The van der Waals surface area contributed by atoms with Crippen molar-refractivity contribution in [2.24, 2.45) is 18.4 Å². The highest BCUT2D eigenvalue weighted by Gasteiger charge is 2.35. The number of carbonyl (C=O) groups excluding carboxylic acids is 1. The van der Waals surface area contributed by atoms with Crippen molar-refractivity contribution in [3.8, 4) is 28.7 Å². The molecule has 278 valence electrons. The SMILES string of the molecule is COc1cc(-c2cn(C)c(=O)c(C)c2C)cc(OC)c1CN1CCCN(Cc2cccc3c2CCN(C(=O)/C(C#N)=C/C(C)(C)C)C3C(C)C)CC1. The summed E-state index contributed by atoms with van der Waals surface area (Å²) >= 11 is 0. The molecular weight excluding hydrogens is 651 g/mol. The molecule has 0 aliphatic carbocycles. The van der Waals surface area contributed by atoms with E-state index in [-0.39, 0.29) is 34.4 Å². The van der Waals surface area contributed by atoms with Crippen molar-refractivity contribution in [2.45, 2.75) is 80.4 Å². The first-order valence-corrected chi connectivity index (χ1v) is 18.6. The Bertz CT molecular complexity index is 1900. The van der Waals surface area contributed by atoms with E-state index in [1.165, 1.54) is 16.7 Å². The lowest BCUT2D eigenvalue weighted by Crippen LogP contribution is -2.43. The Morgan fingerprint density at radius 3 is 2.19 bits per heavy atom. The van der Waals surface area contributed by atoms with Crippen LogP contribution in [0.15, 0.2) is 53.0 Å². The van der Waals surface area contributed by atoms with Gasteiger partial charge >= 0.3 is 0 Å². The maximum atomic E-state index is 13.7. The fraction of sp³-hybridized carbons (Fsp3) is 0.512. The Balaban J connectivity index is 1.33. The van der Waals surface area contributed by atoms with Gasteiger partial charge in [-0.25, -0.2) is 0 Å². The topological polar surface area (TPSA) is 91.0 Å². The van der Waals surface area contributed by atoms with Gasteiger partial charge in [-0.15, -0.1) is 0 Å². The molecule has 1 amide bonds. The molecule has 1 saturated heterocycles. The van der Waals surface area contributed by atoms with Crippen LogP contribution in [0.3, 0.4) is 0 Å². The summed E-state index contributed by atoms with van der Waals surface area (Å²) in [5.74, 6) is 1.60. The first-order chi connectivity index (χ1) is 24.7. The van der Waals surface area contributed by atoms with Crippen molar-refractivity contribution >= 4 is 5.91 Å². The smallest absolute Gasteiger partial charge is 0.264 e. The van der Waals surface area contributed by atoms with Crippen LogP contribution in [0.4, 0.5) is 0 Å². The number of nitriles is 1. The molecule has 1 aromatic heterocycles. The lowest BCUT2D eigenvalue weighted by atomic mass is 9.83. The van der Waals surface area contributed by atoms with Crippen molar-refractivity contribution in [3.63, 3.8) is 0 Å². The minimum Gasteiger partial charge on any atom is -0.496 e. The van der Waals surface area contributed by atoms with E-state index < -0.39 is 0 Å². The van der Waals surface area contributed by atoms with Crippen LogP contribution < -0.4 is 15.0 Å². The highest BCUT2D eigenvalue weighted by Crippen LogP contribution is 2.39. The molecule has 3 heterocycles. The zero-order chi connectivity index (χ0) is 37.9. The summed E-state index contributed by atoms with van der Waals surface area (Å²) in [5, 5.41) is 9.90. The van der Waals surface area contributed by atoms with E-state index in [4.69, 9.17) is 9.47 Å². The van der Waals surface area contributed by atoms with Crippen LogP contribution in [0.25, 0.3) is 11.1 Å². The average molecular weight is 708 g/mol. The highest BCUT2D eigenvalue weighted by molar-refractivity contribution is 5.97. The molecule has 52 heavy (non-hydrogen) atoms. The average Bonchev–Trinajstić information content (AvgIpc) is 3.34. The molecule has 3 aromatic rings. The number of benzene rings is 2. The van der Waals surface area contributed by atoms with E-state index in [0.717, 1.165) is 84.9 Å². The molecule has 0 saturated carbocycles. The van der Waals surface area contributed by atoms with Crippen LogP contribution in [0.2, 0.25) is 0 Å². The maximum absolute atomic E-state index is 13.7. The van der Waals surface area contributed by atoms with E-state index in [2.05, 4.69) is 60.0 Å². The molecule has 1 atom stereocenters. The third-order valence-corrected chi connectivity index (χ3v) is 10.7. The lowest BCUT2D eigenvalue weighted by Gasteiger charge is -2.41. The summed E-state index contributed by atoms with van der Waals surface area (Å²) in [4.78, 5) is 33.2. The van der Waals surface area contributed by atoms with Crippen LogP contribution in [0.5, 0.6) is 11.5 Å². The van der Waals surface area contributed by atoms with Crippen LogP contribution in [-0.4, -0.2) is 72.1 Å². The third-order valence-electron chi connectivity index (χ3n) is 10.7. The first-order valence-electron chi connectivity index (χ1n) is 18.6. The number of rotatable bonds is 9. The second-order valence-electron chi connectivity index (χ2n) is 15.9. The maximum Gasteiger partial charge on any atom is 0.264 e. The number of hydrogen-bond donors (Lipinski definition) is 0. The number of aromatic nitrogens is 1. The van der Waals surface area contributed by atoms with Gasteiger partial charge in [0.2, 0.25) is 0 Å². The molecule has 9 heteroatoms. The molecule has 0 spiro atoms. The highest BCUT2D eigenvalue weighted by atomic mass is 16.5. The summed E-state index contributed by atoms with van der Waals surface area (Å²) in [5.41, 5.74) is 8.54. The standard InChI is InChI=1S/C43H57N5O4/c1-28(2)40-35-14-11-13-31(34(35)15-18-48(40)42(50)33(24-44)23-43(5,6)7)25-46-16-12-17-47(20-19-46)27-37-38(51-9)21-32(22-39(37)52-10)36-26-45(8)41(49)30(4)29(36)3/h11,13-14,21-23,26,28,40H,12,15-20,25,27H2,1-10H3/b33-23+. The van der Waals surface area contributed by atoms with Gasteiger partial charge in [-0.2, -0.15) is 5.26 Å². The molecule has 5 rings (SSSR count). The van der Waals surface area contributed by atoms with Crippen molar-refractivity contribution in [1.29, 1.82) is 5.26 Å². The molecule has 2 aromatic carbocycles. The van der Waals surface area contributed by atoms with Crippen molar-refractivity contribution in [3.05, 3.63) is 91.9 Å². The van der Waals surface area contributed by atoms with Crippen molar-refractivity contribution in [1.82, 2.24) is 19.3 Å². The number of ether oxygens (including phenoxy) is 2. The van der Waals surface area contributed by atoms with E-state index >= 15 is 0 Å². The molecule has 9 nitrogen and oxygen atoms in total. The molecule has 2 aliphatic rings. The Morgan fingerprint density at radius 1 is 0.981 bits per heavy atom. The number of nitrogens with zero attached hydrogens (tertiary/aromatic N) is 5.